The van der Waals surface area contributed by atoms with Gasteiger partial charge in [-0.1, -0.05) is 59.1 Å². The van der Waals surface area contributed by atoms with E-state index < -0.39 is 5.41 Å². The van der Waals surface area contributed by atoms with Gasteiger partial charge in [0.2, 0.25) is 0 Å². The third-order valence-electron chi connectivity index (χ3n) is 8.66. The Morgan fingerprint density at radius 3 is 2.50 bits per heavy atom. The zero-order valence-corrected chi connectivity index (χ0v) is 19.6. The molecule has 30 heavy (non-hydrogen) atoms. The van der Waals surface area contributed by atoms with Crippen molar-refractivity contribution >= 4 is 17.9 Å². The second-order valence-electron chi connectivity index (χ2n) is 11.1. The first-order valence-electron chi connectivity index (χ1n) is 12.0. The van der Waals surface area contributed by atoms with Gasteiger partial charge in [-0.25, -0.2) is 0 Å². The van der Waals surface area contributed by atoms with Crippen molar-refractivity contribution in [2.24, 2.45) is 34.5 Å². The third-order valence-corrected chi connectivity index (χ3v) is 8.66. The van der Waals surface area contributed by atoms with E-state index in [9.17, 15) is 14.4 Å². The van der Waals surface area contributed by atoms with E-state index in [1.165, 1.54) is 19.3 Å². The Balaban J connectivity index is 1.85. The van der Waals surface area contributed by atoms with Gasteiger partial charge in [0.05, 0.1) is 5.41 Å². The molecule has 3 nitrogen and oxygen atoms in total. The summed E-state index contributed by atoms with van der Waals surface area (Å²) in [7, 11) is 0. The lowest BCUT2D eigenvalue weighted by atomic mass is 9.59. The summed E-state index contributed by atoms with van der Waals surface area (Å²) in [4.78, 5) is 37.3. The molecule has 3 aliphatic carbocycles. The quantitative estimate of drug-likeness (QED) is 0.442. The Kier molecular flexibility index (Phi) is 6.89. The van der Waals surface area contributed by atoms with Gasteiger partial charge in [-0.15, -0.1) is 0 Å². The molecule has 0 radical (unpaired) electrons. The van der Waals surface area contributed by atoms with Crippen LogP contribution in [-0.2, 0) is 14.4 Å². The molecule has 5 unspecified atom stereocenters. The van der Waals surface area contributed by atoms with Crippen LogP contribution in [0.25, 0.3) is 0 Å². The lowest BCUT2D eigenvalue weighted by Crippen LogP contribution is -2.42. The molecule has 0 aromatic rings. The lowest BCUT2D eigenvalue weighted by Gasteiger charge is -2.43. The van der Waals surface area contributed by atoms with Crippen LogP contribution < -0.4 is 0 Å². The Morgan fingerprint density at radius 1 is 1.10 bits per heavy atom. The van der Waals surface area contributed by atoms with Crippen molar-refractivity contribution in [2.45, 2.75) is 92.4 Å². The van der Waals surface area contributed by atoms with E-state index in [-0.39, 0.29) is 22.9 Å². The van der Waals surface area contributed by atoms with Crippen LogP contribution in [0.3, 0.4) is 0 Å². The normalized spacial score (nSPS) is 35.1. The molecule has 0 aromatic heterocycles. The molecule has 0 aromatic carbocycles. The number of rotatable bonds is 8. The van der Waals surface area contributed by atoms with E-state index in [1.54, 1.807) is 0 Å². The summed E-state index contributed by atoms with van der Waals surface area (Å²) in [6.45, 7) is 11.2. The van der Waals surface area contributed by atoms with Gasteiger partial charge in [0.15, 0.2) is 5.78 Å². The molecule has 5 atom stereocenters. The molecular formula is C27H40O3. The summed E-state index contributed by atoms with van der Waals surface area (Å²) < 4.78 is 0. The number of fused-ring (bicyclic) bond motifs is 1. The predicted molar refractivity (Wildman–Crippen MR) is 121 cm³/mol. The van der Waals surface area contributed by atoms with Crippen LogP contribution in [0.2, 0.25) is 0 Å². The van der Waals surface area contributed by atoms with Gasteiger partial charge in [0, 0.05) is 19.3 Å². The van der Waals surface area contributed by atoms with Gasteiger partial charge in [-0.2, -0.15) is 0 Å². The fourth-order valence-electron chi connectivity index (χ4n) is 6.64. The summed E-state index contributed by atoms with van der Waals surface area (Å²) in [6, 6.07) is 0. The molecule has 3 rings (SSSR count). The highest BCUT2D eigenvalue weighted by Crippen LogP contribution is 2.58. The van der Waals surface area contributed by atoms with E-state index in [2.05, 4.69) is 33.8 Å². The molecule has 0 bridgehead atoms. The van der Waals surface area contributed by atoms with Crippen LogP contribution in [0.15, 0.2) is 23.3 Å². The molecule has 3 aliphatic rings. The topological polar surface area (TPSA) is 51.2 Å². The summed E-state index contributed by atoms with van der Waals surface area (Å²) in [5.41, 5.74) is 1.21. The maximum Gasteiger partial charge on any atom is 0.169 e. The SMILES string of the molecule is CC(C)CCCC(C)C1CCC(C2=CC=C3CC(=O)CCC3(C)C2=O)C1(C)CC=O. The highest BCUT2D eigenvalue weighted by atomic mass is 16.1. The number of carbonyl (C=O) groups excluding carboxylic acids is 3. The molecule has 3 heteroatoms. The maximum atomic E-state index is 13.7. The molecule has 2 saturated carbocycles. The smallest absolute Gasteiger partial charge is 0.169 e. The molecule has 0 amide bonds. The predicted octanol–water partition coefficient (Wildman–Crippen LogP) is 6.27. The second-order valence-corrected chi connectivity index (χ2v) is 11.1. The summed E-state index contributed by atoms with van der Waals surface area (Å²) in [6.07, 6.45) is 12.9. The van der Waals surface area contributed by atoms with Crippen molar-refractivity contribution in [1.29, 1.82) is 0 Å². The van der Waals surface area contributed by atoms with E-state index >= 15 is 0 Å². The highest BCUT2D eigenvalue weighted by Gasteiger charge is 2.53. The first kappa shape index (κ1) is 23.2. The molecule has 0 spiro atoms. The van der Waals surface area contributed by atoms with Crippen molar-refractivity contribution in [2.75, 3.05) is 0 Å². The number of carbonyl (C=O) groups is 3. The fourth-order valence-corrected chi connectivity index (χ4v) is 6.64. The van der Waals surface area contributed by atoms with E-state index in [0.717, 1.165) is 36.2 Å². The van der Waals surface area contributed by atoms with Gasteiger partial charge in [0.1, 0.15) is 12.1 Å². The van der Waals surface area contributed by atoms with Gasteiger partial charge < -0.3 is 4.79 Å². The van der Waals surface area contributed by atoms with Gasteiger partial charge in [-0.3, -0.25) is 9.59 Å². The van der Waals surface area contributed by atoms with Crippen molar-refractivity contribution in [3.8, 4) is 0 Å². The molecule has 2 fully saturated rings. The van der Waals surface area contributed by atoms with Crippen LogP contribution in [0.5, 0.6) is 0 Å². The Labute approximate surface area is 182 Å². The first-order valence-corrected chi connectivity index (χ1v) is 12.0. The number of hydrogen-bond donors (Lipinski definition) is 0. The third kappa shape index (κ3) is 4.14. The van der Waals surface area contributed by atoms with Crippen LogP contribution in [0, 0.1) is 34.5 Å². The monoisotopic (exact) mass is 412 g/mol. The van der Waals surface area contributed by atoms with E-state index in [4.69, 9.17) is 0 Å². The standard InChI is InChI=1S/C27H40O3/c1-18(2)7-6-8-19(3)23-11-12-24(27(23,5)15-16-28)22-10-9-20-17-21(29)13-14-26(20,4)25(22)30/h9-10,16,18-19,23-24H,6-8,11-15,17H2,1-5H3. The molecule has 0 N–H and O–H groups in total. The largest absolute Gasteiger partial charge is 0.303 e. The second kappa shape index (κ2) is 8.93. The summed E-state index contributed by atoms with van der Waals surface area (Å²) >= 11 is 0. The van der Waals surface area contributed by atoms with E-state index in [0.29, 0.717) is 37.5 Å². The maximum absolute atomic E-state index is 13.7. The van der Waals surface area contributed by atoms with Crippen molar-refractivity contribution in [3.05, 3.63) is 23.3 Å². The number of aldehydes is 1. The van der Waals surface area contributed by atoms with Crippen LogP contribution in [-0.4, -0.2) is 17.9 Å². The Morgan fingerprint density at radius 2 is 1.83 bits per heavy atom. The van der Waals surface area contributed by atoms with Gasteiger partial charge in [-0.05, 0) is 66.4 Å². The summed E-state index contributed by atoms with van der Waals surface area (Å²) in [5.74, 6) is 2.35. The average molecular weight is 413 g/mol. The van der Waals surface area contributed by atoms with Gasteiger partial charge in [0.25, 0.3) is 0 Å². The molecular weight excluding hydrogens is 372 g/mol. The fraction of sp³-hybridized carbons (Fsp3) is 0.741. The molecule has 0 saturated heterocycles. The number of allylic oxidation sites excluding steroid dienone is 4. The Hall–Kier alpha value is -1.51. The Bertz CT molecular complexity index is 758. The van der Waals surface area contributed by atoms with Crippen LogP contribution >= 0.6 is 0 Å². The minimum atomic E-state index is -0.527. The number of Topliss-reactive ketones (excluding diaryl/α,β-unsaturated/α-hetero) is 2. The first-order chi connectivity index (χ1) is 14.1. The van der Waals surface area contributed by atoms with Crippen molar-refractivity contribution < 1.29 is 14.4 Å². The van der Waals surface area contributed by atoms with E-state index in [1.807, 2.05) is 13.0 Å². The number of ketones is 2. The zero-order chi connectivity index (χ0) is 22.1. The van der Waals surface area contributed by atoms with Crippen LogP contribution in [0.1, 0.15) is 92.4 Å². The molecule has 166 valence electrons. The van der Waals surface area contributed by atoms with Crippen molar-refractivity contribution in [1.82, 2.24) is 0 Å². The van der Waals surface area contributed by atoms with Crippen molar-refractivity contribution in [3.63, 3.8) is 0 Å². The minimum absolute atomic E-state index is 0.139. The lowest BCUT2D eigenvalue weighted by molar-refractivity contribution is -0.127. The minimum Gasteiger partial charge on any atom is -0.303 e. The zero-order valence-electron chi connectivity index (χ0n) is 19.6. The highest BCUT2D eigenvalue weighted by molar-refractivity contribution is 6.05. The van der Waals surface area contributed by atoms with Gasteiger partial charge >= 0.3 is 0 Å². The summed E-state index contributed by atoms with van der Waals surface area (Å²) in [5, 5.41) is 0. The molecule has 0 aliphatic heterocycles. The van der Waals surface area contributed by atoms with Crippen LogP contribution in [0.4, 0.5) is 0 Å². The number of hydrogen-bond acceptors (Lipinski definition) is 3. The average Bonchev–Trinajstić information content (AvgIpc) is 3.00. The molecule has 0 heterocycles.